The number of nitro groups is 1. The van der Waals surface area contributed by atoms with Gasteiger partial charge in [0.15, 0.2) is 0 Å². The summed E-state index contributed by atoms with van der Waals surface area (Å²) in [5.41, 5.74) is 0.258. The lowest BCUT2D eigenvalue weighted by Gasteiger charge is -2.07. The Balaban J connectivity index is 2.37. The lowest BCUT2D eigenvalue weighted by atomic mass is 10.2. The molecule has 98 valence electrons. The molecule has 2 rings (SSSR count). The molecule has 0 amide bonds. The summed E-state index contributed by atoms with van der Waals surface area (Å²) in [6.45, 7) is 1.60. The Hall–Kier alpha value is -1.95. The molecule has 0 spiro atoms. The molecule has 2 aromatic rings. The maximum absolute atomic E-state index is 13.1. The van der Waals surface area contributed by atoms with E-state index in [1.54, 1.807) is 13.0 Å². The molecule has 0 saturated heterocycles. The van der Waals surface area contributed by atoms with Crippen LogP contribution >= 0.6 is 15.9 Å². The van der Waals surface area contributed by atoms with E-state index in [-0.39, 0.29) is 17.3 Å². The zero-order valence-corrected chi connectivity index (χ0v) is 11.5. The summed E-state index contributed by atoms with van der Waals surface area (Å²) in [4.78, 5) is 10.4. The van der Waals surface area contributed by atoms with Gasteiger partial charge in [0, 0.05) is 10.5 Å². The maximum atomic E-state index is 13.1. The zero-order chi connectivity index (χ0) is 14.0. The van der Waals surface area contributed by atoms with Crippen LogP contribution in [0.3, 0.4) is 0 Å². The van der Waals surface area contributed by atoms with E-state index in [0.717, 1.165) is 0 Å². The van der Waals surface area contributed by atoms with Crippen LogP contribution in [0, 0.1) is 22.9 Å². The second-order valence-corrected chi connectivity index (χ2v) is 4.80. The van der Waals surface area contributed by atoms with E-state index in [1.165, 1.54) is 30.3 Å². The van der Waals surface area contributed by atoms with Gasteiger partial charge in [-0.15, -0.1) is 0 Å². The van der Waals surface area contributed by atoms with Crippen LogP contribution < -0.4 is 4.74 Å². The molecule has 4 nitrogen and oxygen atoms in total. The summed E-state index contributed by atoms with van der Waals surface area (Å²) in [5.74, 6) is 0.112. The number of hydrogen-bond donors (Lipinski definition) is 0. The Morgan fingerprint density at radius 3 is 2.63 bits per heavy atom. The van der Waals surface area contributed by atoms with Gasteiger partial charge in [0.25, 0.3) is 0 Å². The van der Waals surface area contributed by atoms with Crippen molar-refractivity contribution in [1.82, 2.24) is 0 Å². The van der Waals surface area contributed by atoms with Gasteiger partial charge in [-0.1, -0.05) is 15.9 Å². The Labute approximate surface area is 117 Å². The van der Waals surface area contributed by atoms with E-state index in [9.17, 15) is 14.5 Å². The van der Waals surface area contributed by atoms with Crippen molar-refractivity contribution in [2.75, 3.05) is 0 Å². The molecule has 0 aliphatic heterocycles. The fourth-order valence-corrected chi connectivity index (χ4v) is 1.88. The third-order valence-corrected chi connectivity index (χ3v) is 2.97. The highest BCUT2D eigenvalue weighted by molar-refractivity contribution is 9.10. The first-order valence-electron chi connectivity index (χ1n) is 5.35. The minimum absolute atomic E-state index is 0.110. The van der Waals surface area contributed by atoms with Gasteiger partial charge in [-0.25, -0.2) is 4.39 Å². The molecular formula is C13H9BrFNO3. The Morgan fingerprint density at radius 2 is 2.00 bits per heavy atom. The van der Waals surface area contributed by atoms with Gasteiger partial charge in [0.1, 0.15) is 11.6 Å². The molecule has 2 aromatic carbocycles. The van der Waals surface area contributed by atoms with Crippen LogP contribution in [0.2, 0.25) is 0 Å². The van der Waals surface area contributed by atoms with E-state index in [0.29, 0.717) is 15.8 Å². The third-order valence-electron chi connectivity index (χ3n) is 2.47. The molecule has 0 atom stereocenters. The average Bonchev–Trinajstić information content (AvgIpc) is 2.36. The summed E-state index contributed by atoms with van der Waals surface area (Å²) >= 11 is 3.16. The summed E-state index contributed by atoms with van der Waals surface area (Å²) in [5, 5.41) is 10.9. The highest BCUT2D eigenvalue weighted by atomic mass is 79.9. The number of rotatable bonds is 3. The molecule has 0 N–H and O–H groups in total. The van der Waals surface area contributed by atoms with Crippen LogP contribution in [0.1, 0.15) is 5.56 Å². The quantitative estimate of drug-likeness (QED) is 0.612. The van der Waals surface area contributed by atoms with Gasteiger partial charge < -0.3 is 4.74 Å². The standard InChI is InChI=1S/C13H9BrFNO3/c1-8-6-10(3-4-11(8)15)19-13-5-2-9(14)7-12(13)16(17)18/h2-7H,1H3. The van der Waals surface area contributed by atoms with Gasteiger partial charge in [-0.3, -0.25) is 10.1 Å². The molecule has 0 heterocycles. The topological polar surface area (TPSA) is 52.4 Å². The number of ether oxygens (including phenoxy) is 1. The van der Waals surface area contributed by atoms with Crippen molar-refractivity contribution in [2.45, 2.75) is 6.92 Å². The summed E-state index contributed by atoms with van der Waals surface area (Å²) in [7, 11) is 0. The first kappa shape index (κ1) is 13.5. The number of nitro benzene ring substituents is 1. The van der Waals surface area contributed by atoms with Gasteiger partial charge in [0.2, 0.25) is 5.75 Å². The number of hydrogen-bond acceptors (Lipinski definition) is 3. The molecule has 0 unspecified atom stereocenters. The average molecular weight is 326 g/mol. The lowest BCUT2D eigenvalue weighted by Crippen LogP contribution is -1.94. The molecule has 0 saturated carbocycles. The van der Waals surface area contributed by atoms with E-state index < -0.39 is 4.92 Å². The summed E-state index contributed by atoms with van der Waals surface area (Å²) in [6.07, 6.45) is 0. The molecule has 6 heteroatoms. The van der Waals surface area contributed by atoms with Gasteiger partial charge in [-0.05, 0) is 42.8 Å². The van der Waals surface area contributed by atoms with Crippen molar-refractivity contribution in [1.29, 1.82) is 0 Å². The number of nitrogens with zero attached hydrogens (tertiary/aromatic N) is 1. The molecule has 0 fully saturated rings. The fraction of sp³-hybridized carbons (Fsp3) is 0.0769. The molecule has 0 aliphatic rings. The van der Waals surface area contributed by atoms with Crippen LogP contribution in [0.15, 0.2) is 40.9 Å². The maximum Gasteiger partial charge on any atom is 0.312 e. The van der Waals surface area contributed by atoms with Crippen LogP contribution in [0.25, 0.3) is 0 Å². The molecule has 0 radical (unpaired) electrons. The van der Waals surface area contributed by atoms with Crippen molar-refractivity contribution in [3.63, 3.8) is 0 Å². The number of aryl methyl sites for hydroxylation is 1. The van der Waals surface area contributed by atoms with Crippen molar-refractivity contribution in [3.8, 4) is 11.5 Å². The number of halogens is 2. The van der Waals surface area contributed by atoms with Crippen molar-refractivity contribution in [2.24, 2.45) is 0 Å². The highest BCUT2D eigenvalue weighted by Crippen LogP contribution is 2.34. The molecule has 0 bridgehead atoms. The fourth-order valence-electron chi connectivity index (χ4n) is 1.53. The Bertz CT molecular complexity index is 646. The van der Waals surface area contributed by atoms with Crippen molar-refractivity contribution < 1.29 is 14.1 Å². The van der Waals surface area contributed by atoms with Crippen LogP contribution in [-0.2, 0) is 0 Å². The highest BCUT2D eigenvalue weighted by Gasteiger charge is 2.16. The van der Waals surface area contributed by atoms with Crippen LogP contribution in [0.4, 0.5) is 10.1 Å². The van der Waals surface area contributed by atoms with E-state index in [4.69, 9.17) is 4.74 Å². The van der Waals surface area contributed by atoms with E-state index >= 15 is 0 Å². The van der Waals surface area contributed by atoms with Gasteiger partial charge in [0.05, 0.1) is 4.92 Å². The smallest absolute Gasteiger partial charge is 0.312 e. The minimum atomic E-state index is -0.531. The lowest BCUT2D eigenvalue weighted by molar-refractivity contribution is -0.385. The second kappa shape index (κ2) is 5.36. The Morgan fingerprint density at radius 1 is 1.26 bits per heavy atom. The monoisotopic (exact) mass is 325 g/mol. The van der Waals surface area contributed by atoms with E-state index in [1.807, 2.05) is 0 Å². The van der Waals surface area contributed by atoms with E-state index in [2.05, 4.69) is 15.9 Å². The summed E-state index contributed by atoms with van der Waals surface area (Å²) < 4.78 is 19.1. The first-order valence-corrected chi connectivity index (χ1v) is 6.14. The molecule has 19 heavy (non-hydrogen) atoms. The third kappa shape index (κ3) is 3.08. The predicted octanol–water partition coefficient (Wildman–Crippen LogP) is 4.60. The first-order chi connectivity index (χ1) is 8.97. The number of benzene rings is 2. The van der Waals surface area contributed by atoms with Crippen LogP contribution in [0.5, 0.6) is 11.5 Å². The second-order valence-electron chi connectivity index (χ2n) is 3.88. The minimum Gasteiger partial charge on any atom is -0.450 e. The molecule has 0 aromatic heterocycles. The predicted molar refractivity (Wildman–Crippen MR) is 72.0 cm³/mol. The summed E-state index contributed by atoms with van der Waals surface area (Å²) in [6, 6.07) is 8.65. The Kier molecular flexibility index (Phi) is 3.80. The molecular weight excluding hydrogens is 317 g/mol. The van der Waals surface area contributed by atoms with Crippen LogP contribution in [-0.4, -0.2) is 4.92 Å². The molecule has 0 aliphatic carbocycles. The van der Waals surface area contributed by atoms with Gasteiger partial charge in [-0.2, -0.15) is 0 Å². The SMILES string of the molecule is Cc1cc(Oc2ccc(Br)cc2[N+](=O)[O-])ccc1F. The van der Waals surface area contributed by atoms with Gasteiger partial charge >= 0.3 is 5.69 Å². The van der Waals surface area contributed by atoms with Crippen molar-refractivity contribution in [3.05, 3.63) is 62.4 Å². The normalized spacial score (nSPS) is 10.3. The largest absolute Gasteiger partial charge is 0.450 e. The van der Waals surface area contributed by atoms with Crippen molar-refractivity contribution >= 4 is 21.6 Å². The zero-order valence-electron chi connectivity index (χ0n) is 9.89.